The van der Waals surface area contributed by atoms with E-state index in [-0.39, 0.29) is 0 Å². The quantitative estimate of drug-likeness (QED) is 0.510. The summed E-state index contributed by atoms with van der Waals surface area (Å²) in [5.41, 5.74) is 1.40. The summed E-state index contributed by atoms with van der Waals surface area (Å²) >= 11 is 0. The van der Waals surface area contributed by atoms with Crippen LogP contribution in [0.15, 0.2) is 6.07 Å². The van der Waals surface area contributed by atoms with Crippen molar-refractivity contribution in [3.05, 3.63) is 17.5 Å². The summed E-state index contributed by atoms with van der Waals surface area (Å²) in [6.45, 7) is 5.09. The second-order valence-electron chi connectivity index (χ2n) is 2.87. The predicted molar refractivity (Wildman–Crippen MR) is 48.6 cm³/mol. The number of aldehydes is 1. The molecule has 0 aliphatic heterocycles. The van der Waals surface area contributed by atoms with Gasteiger partial charge in [-0.3, -0.25) is 4.79 Å². The highest BCUT2D eigenvalue weighted by atomic mass is 16.5. The molecule has 1 rings (SSSR count). The van der Waals surface area contributed by atoms with Crippen molar-refractivity contribution < 1.29 is 9.53 Å². The Bertz CT molecular complexity index is 281. The second-order valence-corrected chi connectivity index (χ2v) is 2.87. The number of hydrogen-bond donors (Lipinski definition) is 0. The van der Waals surface area contributed by atoms with Gasteiger partial charge in [0.2, 0.25) is 0 Å². The normalized spacial score (nSPS) is 10.3. The molecule has 0 amide bonds. The first kappa shape index (κ1) is 9.92. The molecular weight excluding hydrogens is 168 g/mol. The number of carbonyl (C=O) groups is 1. The van der Waals surface area contributed by atoms with E-state index in [4.69, 9.17) is 4.74 Å². The van der Waals surface area contributed by atoms with Gasteiger partial charge in [0.15, 0.2) is 6.29 Å². The number of hydrogen-bond acceptors (Lipinski definition) is 3. The predicted octanol–water partition coefficient (Wildman–Crippen LogP) is 1.39. The fourth-order valence-corrected chi connectivity index (χ4v) is 1.02. The minimum Gasteiger partial charge on any atom is -0.359 e. The van der Waals surface area contributed by atoms with E-state index in [0.717, 1.165) is 25.0 Å². The Morgan fingerprint density at radius 1 is 1.69 bits per heavy atom. The molecule has 72 valence electrons. The number of rotatable bonds is 5. The zero-order chi connectivity index (χ0) is 9.68. The Balaban J connectivity index is 2.55. The van der Waals surface area contributed by atoms with Crippen LogP contribution in [0.2, 0.25) is 0 Å². The number of carbonyl (C=O) groups excluding carboxylic acids is 1. The van der Waals surface area contributed by atoms with E-state index in [0.29, 0.717) is 12.4 Å². The van der Waals surface area contributed by atoms with Crippen molar-refractivity contribution >= 4 is 6.29 Å². The molecule has 0 saturated carbocycles. The van der Waals surface area contributed by atoms with Crippen molar-refractivity contribution in [2.45, 2.75) is 27.0 Å². The number of ether oxygens (including phenoxy) is 1. The van der Waals surface area contributed by atoms with Gasteiger partial charge in [-0.05, 0) is 19.4 Å². The maximum absolute atomic E-state index is 10.4. The van der Waals surface area contributed by atoms with Crippen molar-refractivity contribution in [2.24, 2.45) is 0 Å². The maximum atomic E-state index is 10.4. The molecule has 0 saturated heterocycles. The molecule has 0 bridgehead atoms. The summed E-state index contributed by atoms with van der Waals surface area (Å²) in [7, 11) is 0. The van der Waals surface area contributed by atoms with E-state index >= 15 is 0 Å². The molecular formula is C9H14N2O2. The van der Waals surface area contributed by atoms with Gasteiger partial charge in [0.25, 0.3) is 0 Å². The van der Waals surface area contributed by atoms with Crippen LogP contribution < -0.4 is 0 Å². The lowest BCUT2D eigenvalue weighted by Crippen LogP contribution is -2.06. The average molecular weight is 182 g/mol. The first-order valence-electron chi connectivity index (χ1n) is 4.35. The SMILES string of the molecule is CCCOCn1nc(C=O)cc1C. The highest BCUT2D eigenvalue weighted by Crippen LogP contribution is 2.01. The Morgan fingerprint density at radius 2 is 2.46 bits per heavy atom. The van der Waals surface area contributed by atoms with E-state index in [9.17, 15) is 4.79 Å². The van der Waals surface area contributed by atoms with Crippen molar-refractivity contribution in [2.75, 3.05) is 6.61 Å². The standard InChI is InChI=1S/C9H14N2O2/c1-3-4-13-7-11-8(2)5-9(6-12)10-11/h5-6H,3-4,7H2,1-2H3. The van der Waals surface area contributed by atoms with Crippen LogP contribution in [0.5, 0.6) is 0 Å². The lowest BCUT2D eigenvalue weighted by molar-refractivity contribution is 0.0677. The molecule has 0 N–H and O–H groups in total. The van der Waals surface area contributed by atoms with E-state index in [1.165, 1.54) is 0 Å². The molecule has 13 heavy (non-hydrogen) atoms. The summed E-state index contributed by atoms with van der Waals surface area (Å²) in [4.78, 5) is 10.4. The molecule has 0 atom stereocenters. The lowest BCUT2D eigenvalue weighted by Gasteiger charge is -2.03. The van der Waals surface area contributed by atoms with Crippen LogP contribution in [0.4, 0.5) is 0 Å². The zero-order valence-electron chi connectivity index (χ0n) is 7.99. The Kier molecular flexibility index (Phi) is 3.64. The van der Waals surface area contributed by atoms with Gasteiger partial charge in [0.1, 0.15) is 12.4 Å². The number of nitrogens with zero attached hydrogens (tertiary/aromatic N) is 2. The molecule has 4 nitrogen and oxygen atoms in total. The van der Waals surface area contributed by atoms with Crippen molar-refractivity contribution in [1.82, 2.24) is 9.78 Å². The zero-order valence-corrected chi connectivity index (χ0v) is 7.99. The molecule has 0 fully saturated rings. The van der Waals surface area contributed by atoms with Gasteiger partial charge in [-0.2, -0.15) is 5.10 Å². The van der Waals surface area contributed by atoms with Gasteiger partial charge in [-0.15, -0.1) is 0 Å². The topological polar surface area (TPSA) is 44.1 Å². The molecule has 0 aromatic carbocycles. The number of aryl methyl sites for hydroxylation is 1. The summed E-state index contributed by atoms with van der Waals surface area (Å²) in [6, 6.07) is 1.74. The first-order chi connectivity index (χ1) is 6.27. The molecule has 0 aliphatic carbocycles. The summed E-state index contributed by atoms with van der Waals surface area (Å²) in [5, 5.41) is 4.02. The van der Waals surface area contributed by atoms with Crippen molar-refractivity contribution in [1.29, 1.82) is 0 Å². The van der Waals surface area contributed by atoms with E-state index < -0.39 is 0 Å². The molecule has 0 aliphatic rings. The van der Waals surface area contributed by atoms with Crippen LogP contribution in [0, 0.1) is 6.92 Å². The minimum atomic E-state index is 0.424. The average Bonchev–Trinajstić information content (AvgIpc) is 2.48. The molecule has 1 aromatic heterocycles. The third-order valence-electron chi connectivity index (χ3n) is 1.68. The molecule has 0 spiro atoms. The summed E-state index contributed by atoms with van der Waals surface area (Å²) in [5.74, 6) is 0. The molecule has 0 radical (unpaired) electrons. The van der Waals surface area contributed by atoms with Gasteiger partial charge in [-0.1, -0.05) is 6.92 Å². The Morgan fingerprint density at radius 3 is 3.00 bits per heavy atom. The van der Waals surface area contributed by atoms with Gasteiger partial charge in [0.05, 0.1) is 0 Å². The fraction of sp³-hybridized carbons (Fsp3) is 0.556. The molecule has 1 heterocycles. The van der Waals surface area contributed by atoms with Gasteiger partial charge in [-0.25, -0.2) is 4.68 Å². The van der Waals surface area contributed by atoms with Gasteiger partial charge in [0, 0.05) is 12.3 Å². The smallest absolute Gasteiger partial charge is 0.170 e. The second kappa shape index (κ2) is 4.77. The summed E-state index contributed by atoms with van der Waals surface area (Å²) in [6.07, 6.45) is 1.73. The minimum absolute atomic E-state index is 0.424. The Hall–Kier alpha value is -1.16. The highest BCUT2D eigenvalue weighted by Gasteiger charge is 2.01. The van der Waals surface area contributed by atoms with Crippen LogP contribution >= 0.6 is 0 Å². The van der Waals surface area contributed by atoms with Crippen LogP contribution in [-0.4, -0.2) is 22.7 Å². The fourth-order valence-electron chi connectivity index (χ4n) is 1.02. The first-order valence-corrected chi connectivity index (χ1v) is 4.35. The van der Waals surface area contributed by atoms with E-state index in [1.807, 2.05) is 13.8 Å². The third-order valence-corrected chi connectivity index (χ3v) is 1.68. The molecule has 0 unspecified atom stereocenters. The largest absolute Gasteiger partial charge is 0.359 e. The maximum Gasteiger partial charge on any atom is 0.170 e. The van der Waals surface area contributed by atoms with Crippen molar-refractivity contribution in [3.63, 3.8) is 0 Å². The van der Waals surface area contributed by atoms with Gasteiger partial charge < -0.3 is 4.74 Å². The van der Waals surface area contributed by atoms with E-state index in [1.54, 1.807) is 10.7 Å². The molecule has 4 heteroatoms. The van der Waals surface area contributed by atoms with Crippen LogP contribution in [-0.2, 0) is 11.5 Å². The number of aromatic nitrogens is 2. The summed E-state index contributed by atoms with van der Waals surface area (Å²) < 4.78 is 6.97. The molecule has 1 aromatic rings. The highest BCUT2D eigenvalue weighted by molar-refractivity contribution is 5.71. The van der Waals surface area contributed by atoms with Gasteiger partial charge >= 0.3 is 0 Å². The van der Waals surface area contributed by atoms with E-state index in [2.05, 4.69) is 5.10 Å². The van der Waals surface area contributed by atoms with Crippen molar-refractivity contribution in [3.8, 4) is 0 Å². The van der Waals surface area contributed by atoms with Crippen LogP contribution in [0.1, 0.15) is 29.5 Å². The monoisotopic (exact) mass is 182 g/mol. The Labute approximate surface area is 77.5 Å². The lowest BCUT2D eigenvalue weighted by atomic mass is 10.4. The van der Waals surface area contributed by atoms with Crippen LogP contribution in [0.3, 0.4) is 0 Å². The third kappa shape index (κ3) is 2.66. The van der Waals surface area contributed by atoms with Crippen LogP contribution in [0.25, 0.3) is 0 Å².